The fourth-order valence-electron chi connectivity index (χ4n) is 5.18. The molecule has 190 valence electrons. The van der Waals surface area contributed by atoms with Gasteiger partial charge in [-0.15, -0.1) is 0 Å². The molecule has 1 aliphatic rings. The molecule has 0 aliphatic carbocycles. The molecule has 4 heterocycles. The average Bonchev–Trinajstić information content (AvgIpc) is 3.38. The molecule has 0 radical (unpaired) electrons. The first-order valence-electron chi connectivity index (χ1n) is 13.2. The highest BCUT2D eigenvalue weighted by atomic mass is 16.2. The van der Waals surface area contributed by atoms with Crippen molar-refractivity contribution in [3.8, 4) is 0 Å². The maximum absolute atomic E-state index is 13.3. The number of rotatable bonds is 7. The van der Waals surface area contributed by atoms with Gasteiger partial charge in [0.05, 0.1) is 0 Å². The zero-order valence-corrected chi connectivity index (χ0v) is 21.9. The van der Waals surface area contributed by atoms with Crippen LogP contribution in [0.4, 0.5) is 0 Å². The Kier molecular flexibility index (Phi) is 7.17. The second-order valence-electron chi connectivity index (χ2n) is 10.6. The molecular weight excluding hydrogens is 460 g/mol. The van der Waals surface area contributed by atoms with Crippen LogP contribution in [0.1, 0.15) is 75.7 Å². The maximum Gasteiger partial charge on any atom is 0.253 e. The number of nitrogens with zero attached hydrogens (tertiary/aromatic N) is 4. The summed E-state index contributed by atoms with van der Waals surface area (Å²) in [5.74, 6) is 1.01. The minimum absolute atomic E-state index is 0.0203. The molecule has 5 rings (SSSR count). The number of amides is 1. The molecule has 1 amide bonds. The molecule has 0 N–H and O–H groups in total. The van der Waals surface area contributed by atoms with Gasteiger partial charge in [-0.25, -0.2) is 4.98 Å². The largest absolute Gasteiger partial charge is 0.339 e. The zero-order valence-electron chi connectivity index (χ0n) is 21.9. The van der Waals surface area contributed by atoms with Gasteiger partial charge in [0.15, 0.2) is 5.78 Å². The molecule has 1 aliphatic heterocycles. The summed E-state index contributed by atoms with van der Waals surface area (Å²) in [6, 6.07) is 13.7. The van der Waals surface area contributed by atoms with Crippen molar-refractivity contribution in [1.82, 2.24) is 19.3 Å². The highest BCUT2D eigenvalue weighted by Crippen LogP contribution is 2.29. The number of hydrogen-bond donors (Lipinski definition) is 0. The van der Waals surface area contributed by atoms with Crippen LogP contribution >= 0.6 is 0 Å². The highest BCUT2D eigenvalue weighted by molar-refractivity contribution is 5.98. The van der Waals surface area contributed by atoms with Gasteiger partial charge in [-0.05, 0) is 85.0 Å². The number of imidazole rings is 1. The predicted octanol–water partition coefficient (Wildman–Crippen LogP) is 5.68. The smallest absolute Gasteiger partial charge is 0.253 e. The van der Waals surface area contributed by atoms with Crippen molar-refractivity contribution < 1.29 is 9.59 Å². The quantitative estimate of drug-likeness (QED) is 0.310. The van der Waals surface area contributed by atoms with E-state index >= 15 is 0 Å². The minimum atomic E-state index is 0.0203. The second-order valence-corrected chi connectivity index (χ2v) is 10.6. The summed E-state index contributed by atoms with van der Waals surface area (Å²) in [6.07, 6.45) is 10.6. The number of piperidine rings is 1. The summed E-state index contributed by atoms with van der Waals surface area (Å²) < 4.78 is 2.05. The fourth-order valence-corrected chi connectivity index (χ4v) is 5.18. The molecule has 0 bridgehead atoms. The molecule has 1 aromatic carbocycles. The summed E-state index contributed by atoms with van der Waals surface area (Å²) >= 11 is 0. The maximum atomic E-state index is 13.3. The van der Waals surface area contributed by atoms with E-state index in [-0.39, 0.29) is 18.1 Å². The standard InChI is InChI=1S/C31H34N4O2/c1-21(2)16-28-8-6-25(19-33-28)29(36)18-27-17-24(5-4-22(27)3)31(37)34-13-10-23(11-14-34)26-7-9-30-32-12-15-35(30)20-26/h4-9,12,15,17,19-21,23H,10-11,13-14,16,18H2,1-3H3. The van der Waals surface area contributed by atoms with E-state index in [0.717, 1.165) is 54.8 Å². The van der Waals surface area contributed by atoms with Gasteiger partial charge in [-0.1, -0.05) is 26.0 Å². The summed E-state index contributed by atoms with van der Waals surface area (Å²) in [7, 11) is 0. The van der Waals surface area contributed by atoms with Gasteiger partial charge >= 0.3 is 0 Å². The van der Waals surface area contributed by atoms with Crippen molar-refractivity contribution in [3.05, 3.63) is 101 Å². The molecule has 3 aromatic heterocycles. The van der Waals surface area contributed by atoms with Crippen LogP contribution in [0.15, 0.2) is 67.3 Å². The molecule has 0 saturated carbocycles. The molecule has 6 heteroatoms. The SMILES string of the molecule is Cc1ccc(C(=O)N2CCC(c3ccc4nccn4c3)CC2)cc1CC(=O)c1ccc(CC(C)C)nc1. The number of carbonyl (C=O) groups is 2. The van der Waals surface area contributed by atoms with E-state index in [0.29, 0.717) is 23.0 Å². The lowest BCUT2D eigenvalue weighted by molar-refractivity contribution is 0.0712. The Morgan fingerprint density at radius 2 is 1.78 bits per heavy atom. The first kappa shape index (κ1) is 24.9. The van der Waals surface area contributed by atoms with Crippen LogP contribution in [0.2, 0.25) is 0 Å². The number of carbonyl (C=O) groups excluding carboxylic acids is 2. The lowest BCUT2D eigenvalue weighted by Gasteiger charge is -2.32. The molecule has 6 nitrogen and oxygen atoms in total. The third-order valence-electron chi connectivity index (χ3n) is 7.38. The molecule has 0 spiro atoms. The Bertz CT molecular complexity index is 1410. The number of aromatic nitrogens is 3. The van der Waals surface area contributed by atoms with Crippen molar-refractivity contribution >= 4 is 17.3 Å². The molecule has 4 aromatic rings. The van der Waals surface area contributed by atoms with Crippen LogP contribution in [-0.4, -0.2) is 44.0 Å². The number of ketones is 1. The monoisotopic (exact) mass is 494 g/mol. The third kappa shape index (κ3) is 5.63. The Hall–Kier alpha value is -3.80. The molecule has 37 heavy (non-hydrogen) atoms. The summed E-state index contributed by atoms with van der Waals surface area (Å²) in [4.78, 5) is 37.1. The van der Waals surface area contributed by atoms with E-state index in [1.54, 1.807) is 6.20 Å². The van der Waals surface area contributed by atoms with Gasteiger partial charge in [0.1, 0.15) is 5.65 Å². The van der Waals surface area contributed by atoms with Crippen molar-refractivity contribution in [2.45, 2.75) is 52.4 Å². The van der Waals surface area contributed by atoms with E-state index < -0.39 is 0 Å². The first-order chi connectivity index (χ1) is 17.9. The van der Waals surface area contributed by atoms with Crippen molar-refractivity contribution in [3.63, 3.8) is 0 Å². The highest BCUT2D eigenvalue weighted by Gasteiger charge is 2.25. The van der Waals surface area contributed by atoms with Crippen LogP contribution in [-0.2, 0) is 12.8 Å². The van der Waals surface area contributed by atoms with E-state index in [1.165, 1.54) is 5.56 Å². The lowest BCUT2D eigenvalue weighted by atomic mass is 9.90. The van der Waals surface area contributed by atoms with Crippen LogP contribution in [0.3, 0.4) is 0 Å². The van der Waals surface area contributed by atoms with Crippen LogP contribution in [0.5, 0.6) is 0 Å². The number of likely N-dealkylation sites (tertiary alicyclic amines) is 1. The topological polar surface area (TPSA) is 67.6 Å². The number of aryl methyl sites for hydroxylation is 1. The number of pyridine rings is 2. The summed E-state index contributed by atoms with van der Waals surface area (Å²) in [5.41, 5.74) is 6.41. The number of Topliss-reactive ketones (excluding diaryl/α,β-unsaturated/α-hetero) is 1. The normalized spacial score (nSPS) is 14.4. The average molecular weight is 495 g/mol. The van der Waals surface area contributed by atoms with Gasteiger partial charge in [0.2, 0.25) is 0 Å². The van der Waals surface area contributed by atoms with Crippen molar-refractivity contribution in [2.24, 2.45) is 5.92 Å². The van der Waals surface area contributed by atoms with Crippen LogP contribution < -0.4 is 0 Å². The predicted molar refractivity (Wildman–Crippen MR) is 145 cm³/mol. The van der Waals surface area contributed by atoms with E-state index in [4.69, 9.17) is 0 Å². The molecule has 0 unspecified atom stereocenters. The van der Waals surface area contributed by atoms with Crippen molar-refractivity contribution in [1.29, 1.82) is 0 Å². The number of fused-ring (bicyclic) bond motifs is 1. The molecular formula is C31H34N4O2. The Morgan fingerprint density at radius 3 is 2.51 bits per heavy atom. The molecule has 1 fully saturated rings. The van der Waals surface area contributed by atoms with Gasteiger partial charge < -0.3 is 9.30 Å². The third-order valence-corrected chi connectivity index (χ3v) is 7.38. The Balaban J connectivity index is 1.23. The van der Waals surface area contributed by atoms with Crippen LogP contribution in [0, 0.1) is 12.8 Å². The summed E-state index contributed by atoms with van der Waals surface area (Å²) in [5, 5.41) is 0. The van der Waals surface area contributed by atoms with Gasteiger partial charge in [-0.2, -0.15) is 0 Å². The van der Waals surface area contributed by atoms with Gasteiger partial charge in [0.25, 0.3) is 5.91 Å². The Labute approximate surface area is 218 Å². The number of benzene rings is 1. The van der Waals surface area contributed by atoms with E-state index in [1.807, 2.05) is 54.5 Å². The Morgan fingerprint density at radius 1 is 1.00 bits per heavy atom. The zero-order chi connectivity index (χ0) is 25.9. The lowest BCUT2D eigenvalue weighted by Crippen LogP contribution is -2.38. The van der Waals surface area contributed by atoms with E-state index in [2.05, 4.69) is 46.5 Å². The van der Waals surface area contributed by atoms with E-state index in [9.17, 15) is 9.59 Å². The molecule has 1 saturated heterocycles. The fraction of sp³-hybridized carbons (Fsp3) is 0.355. The number of hydrogen-bond acceptors (Lipinski definition) is 4. The van der Waals surface area contributed by atoms with Crippen LogP contribution in [0.25, 0.3) is 5.65 Å². The van der Waals surface area contributed by atoms with Crippen molar-refractivity contribution in [2.75, 3.05) is 13.1 Å². The first-order valence-corrected chi connectivity index (χ1v) is 13.2. The second kappa shape index (κ2) is 10.7. The summed E-state index contributed by atoms with van der Waals surface area (Å²) in [6.45, 7) is 7.75. The van der Waals surface area contributed by atoms with Gasteiger partial charge in [-0.3, -0.25) is 14.6 Å². The van der Waals surface area contributed by atoms with Gasteiger partial charge in [0, 0.05) is 61.1 Å². The minimum Gasteiger partial charge on any atom is -0.339 e. The molecule has 0 atom stereocenters.